The summed E-state index contributed by atoms with van der Waals surface area (Å²) >= 11 is 0. The molecule has 1 aliphatic heterocycles. The highest BCUT2D eigenvalue weighted by Crippen LogP contribution is 2.24. The molecule has 2 fully saturated rings. The van der Waals surface area contributed by atoms with Crippen LogP contribution < -0.4 is 5.73 Å². The average Bonchev–Trinajstić information content (AvgIpc) is 2.91. The van der Waals surface area contributed by atoms with Crippen molar-refractivity contribution in [1.82, 2.24) is 9.80 Å². The van der Waals surface area contributed by atoms with E-state index in [1.54, 1.807) is 0 Å². The molecule has 2 rings (SSSR count). The van der Waals surface area contributed by atoms with Crippen LogP contribution in [-0.4, -0.2) is 54.0 Å². The van der Waals surface area contributed by atoms with Gasteiger partial charge in [0.2, 0.25) is 5.91 Å². The summed E-state index contributed by atoms with van der Waals surface area (Å²) in [5.74, 6) is 0.180. The summed E-state index contributed by atoms with van der Waals surface area (Å²) in [6.07, 6.45) is 5.46. The van der Waals surface area contributed by atoms with Gasteiger partial charge in [-0.25, -0.2) is 0 Å². The first-order valence-corrected chi connectivity index (χ1v) is 7.38. The van der Waals surface area contributed by atoms with E-state index in [9.17, 15) is 4.79 Å². The topological polar surface area (TPSA) is 49.6 Å². The minimum absolute atomic E-state index is 0.0506. The van der Waals surface area contributed by atoms with E-state index in [2.05, 4.69) is 4.90 Å². The number of nitrogens with zero attached hydrogens (tertiary/aromatic N) is 2. The minimum atomic E-state index is -0.0527. The Hall–Kier alpha value is -0.610. The number of hydrogen-bond acceptors (Lipinski definition) is 3. The van der Waals surface area contributed by atoms with E-state index in [1.807, 2.05) is 18.7 Å². The fourth-order valence-corrected chi connectivity index (χ4v) is 3.09. The summed E-state index contributed by atoms with van der Waals surface area (Å²) < 4.78 is 0. The molecule has 2 unspecified atom stereocenters. The summed E-state index contributed by atoms with van der Waals surface area (Å²) in [4.78, 5) is 16.8. The SMILES string of the molecule is CC(N)C(C)C(=O)N1CCN(C2CCCC2)CC1. The summed E-state index contributed by atoms with van der Waals surface area (Å²) in [5, 5.41) is 0. The third kappa shape index (κ3) is 3.04. The number of nitrogens with two attached hydrogens (primary N) is 1. The molecule has 0 bridgehead atoms. The monoisotopic (exact) mass is 253 g/mol. The second-order valence-electron chi connectivity index (χ2n) is 5.95. The normalized spacial score (nSPS) is 26.3. The molecule has 0 aromatic heterocycles. The molecule has 2 N–H and O–H groups in total. The first kappa shape index (κ1) is 13.8. The smallest absolute Gasteiger partial charge is 0.227 e. The van der Waals surface area contributed by atoms with Crippen molar-refractivity contribution in [2.45, 2.75) is 51.6 Å². The lowest BCUT2D eigenvalue weighted by Crippen LogP contribution is -2.53. The van der Waals surface area contributed by atoms with Gasteiger partial charge in [0.05, 0.1) is 5.92 Å². The van der Waals surface area contributed by atoms with Crippen LogP contribution in [0.25, 0.3) is 0 Å². The Morgan fingerprint density at radius 1 is 1.11 bits per heavy atom. The summed E-state index contributed by atoms with van der Waals surface area (Å²) in [6.45, 7) is 7.70. The van der Waals surface area contributed by atoms with Gasteiger partial charge in [-0.2, -0.15) is 0 Å². The number of piperazine rings is 1. The van der Waals surface area contributed by atoms with Crippen LogP contribution in [0.3, 0.4) is 0 Å². The number of carbonyl (C=O) groups excluding carboxylic acids is 1. The van der Waals surface area contributed by atoms with Crippen LogP contribution >= 0.6 is 0 Å². The lowest BCUT2D eigenvalue weighted by Gasteiger charge is -2.39. The minimum Gasteiger partial charge on any atom is -0.340 e. The Balaban J connectivity index is 1.80. The van der Waals surface area contributed by atoms with Crippen LogP contribution in [0.1, 0.15) is 39.5 Å². The van der Waals surface area contributed by atoms with Crippen molar-refractivity contribution in [2.24, 2.45) is 11.7 Å². The molecule has 0 radical (unpaired) electrons. The van der Waals surface area contributed by atoms with Crippen molar-refractivity contribution < 1.29 is 4.79 Å². The molecule has 2 aliphatic rings. The third-order valence-electron chi connectivity index (χ3n) is 4.65. The van der Waals surface area contributed by atoms with Crippen molar-refractivity contribution in [2.75, 3.05) is 26.2 Å². The zero-order valence-electron chi connectivity index (χ0n) is 11.8. The van der Waals surface area contributed by atoms with E-state index >= 15 is 0 Å². The van der Waals surface area contributed by atoms with E-state index in [4.69, 9.17) is 5.73 Å². The van der Waals surface area contributed by atoms with Gasteiger partial charge in [-0.15, -0.1) is 0 Å². The fourth-order valence-electron chi connectivity index (χ4n) is 3.09. The van der Waals surface area contributed by atoms with Gasteiger partial charge < -0.3 is 10.6 Å². The van der Waals surface area contributed by atoms with Crippen molar-refractivity contribution >= 4 is 5.91 Å². The molecule has 1 heterocycles. The number of amides is 1. The van der Waals surface area contributed by atoms with Crippen molar-refractivity contribution in [3.05, 3.63) is 0 Å². The fraction of sp³-hybridized carbons (Fsp3) is 0.929. The lowest BCUT2D eigenvalue weighted by atomic mass is 10.0. The number of hydrogen-bond donors (Lipinski definition) is 1. The Bertz CT molecular complexity index is 279. The van der Waals surface area contributed by atoms with E-state index in [0.29, 0.717) is 0 Å². The van der Waals surface area contributed by atoms with Crippen LogP contribution in [0, 0.1) is 5.92 Å². The van der Waals surface area contributed by atoms with Crippen molar-refractivity contribution in [3.8, 4) is 0 Å². The van der Waals surface area contributed by atoms with Gasteiger partial charge >= 0.3 is 0 Å². The van der Waals surface area contributed by atoms with Gasteiger partial charge in [-0.05, 0) is 19.8 Å². The van der Waals surface area contributed by atoms with Gasteiger partial charge in [0.15, 0.2) is 0 Å². The first-order valence-electron chi connectivity index (χ1n) is 7.38. The quantitative estimate of drug-likeness (QED) is 0.818. The standard InChI is InChI=1S/C14H27N3O/c1-11(12(2)15)14(18)17-9-7-16(8-10-17)13-5-3-4-6-13/h11-13H,3-10,15H2,1-2H3. The van der Waals surface area contributed by atoms with Gasteiger partial charge in [0.1, 0.15) is 0 Å². The van der Waals surface area contributed by atoms with E-state index < -0.39 is 0 Å². The van der Waals surface area contributed by atoms with Crippen molar-refractivity contribution in [1.29, 1.82) is 0 Å². The van der Waals surface area contributed by atoms with E-state index in [-0.39, 0.29) is 17.9 Å². The van der Waals surface area contributed by atoms with Crippen LogP contribution in [-0.2, 0) is 4.79 Å². The first-order chi connectivity index (χ1) is 8.59. The van der Waals surface area contributed by atoms with Crippen LogP contribution in [0.2, 0.25) is 0 Å². The predicted octanol–water partition coefficient (Wildman–Crippen LogP) is 1.06. The third-order valence-corrected chi connectivity index (χ3v) is 4.65. The van der Waals surface area contributed by atoms with Crippen LogP contribution in [0.4, 0.5) is 0 Å². The molecular weight excluding hydrogens is 226 g/mol. The highest BCUT2D eigenvalue weighted by atomic mass is 16.2. The van der Waals surface area contributed by atoms with Gasteiger partial charge in [-0.1, -0.05) is 19.8 Å². The second kappa shape index (κ2) is 6.02. The molecule has 1 amide bonds. The molecule has 2 atom stereocenters. The summed E-state index contributed by atoms with van der Waals surface area (Å²) in [6, 6.07) is 0.735. The van der Waals surface area contributed by atoms with Gasteiger partial charge in [0.25, 0.3) is 0 Å². The zero-order valence-corrected chi connectivity index (χ0v) is 11.8. The lowest BCUT2D eigenvalue weighted by molar-refractivity contribution is -0.137. The molecule has 0 aromatic rings. The Morgan fingerprint density at radius 2 is 1.67 bits per heavy atom. The molecule has 1 aliphatic carbocycles. The molecule has 0 spiro atoms. The van der Waals surface area contributed by atoms with Gasteiger partial charge in [0, 0.05) is 38.3 Å². The summed E-state index contributed by atoms with van der Waals surface area (Å²) in [5.41, 5.74) is 5.81. The molecule has 18 heavy (non-hydrogen) atoms. The van der Waals surface area contributed by atoms with E-state index in [0.717, 1.165) is 32.2 Å². The van der Waals surface area contributed by atoms with Gasteiger partial charge in [-0.3, -0.25) is 9.69 Å². The maximum Gasteiger partial charge on any atom is 0.227 e. The molecule has 1 saturated carbocycles. The van der Waals surface area contributed by atoms with E-state index in [1.165, 1.54) is 25.7 Å². The second-order valence-corrected chi connectivity index (χ2v) is 5.95. The van der Waals surface area contributed by atoms with Crippen LogP contribution in [0.15, 0.2) is 0 Å². The summed E-state index contributed by atoms with van der Waals surface area (Å²) in [7, 11) is 0. The highest BCUT2D eigenvalue weighted by Gasteiger charge is 2.30. The number of carbonyl (C=O) groups is 1. The zero-order chi connectivity index (χ0) is 13.1. The maximum absolute atomic E-state index is 12.2. The Morgan fingerprint density at radius 3 is 2.17 bits per heavy atom. The molecule has 0 aromatic carbocycles. The predicted molar refractivity (Wildman–Crippen MR) is 73.2 cm³/mol. The number of rotatable bonds is 3. The van der Waals surface area contributed by atoms with Crippen LogP contribution in [0.5, 0.6) is 0 Å². The van der Waals surface area contributed by atoms with Crippen molar-refractivity contribution in [3.63, 3.8) is 0 Å². The molecule has 104 valence electrons. The Kier molecular flexibility index (Phi) is 4.62. The molecule has 1 saturated heterocycles. The maximum atomic E-state index is 12.2. The average molecular weight is 253 g/mol. The largest absolute Gasteiger partial charge is 0.340 e. The molecular formula is C14H27N3O. The molecule has 4 nitrogen and oxygen atoms in total. The Labute approximate surface area is 110 Å². The highest BCUT2D eigenvalue weighted by molar-refractivity contribution is 5.79. The molecule has 4 heteroatoms.